The highest BCUT2D eigenvalue weighted by atomic mass is 16.2. The van der Waals surface area contributed by atoms with E-state index in [4.69, 9.17) is 5.11 Å². The summed E-state index contributed by atoms with van der Waals surface area (Å²) >= 11 is 0. The zero-order valence-corrected chi connectivity index (χ0v) is 18.5. The van der Waals surface area contributed by atoms with Crippen molar-refractivity contribution in [3.05, 3.63) is 46.5 Å². The lowest BCUT2D eigenvalue weighted by Crippen LogP contribution is -2.25. The second-order valence-corrected chi connectivity index (χ2v) is 7.62. The molecule has 10 nitrogen and oxygen atoms in total. The Labute approximate surface area is 186 Å². The Morgan fingerprint density at radius 3 is 2.47 bits per heavy atom. The van der Waals surface area contributed by atoms with Crippen molar-refractivity contribution in [1.29, 1.82) is 0 Å². The number of aromatic amines is 1. The minimum atomic E-state index is -0.254. The van der Waals surface area contributed by atoms with Crippen LogP contribution in [0.15, 0.2) is 35.4 Å². The molecular formula is C22H31N7O3. The van der Waals surface area contributed by atoms with E-state index in [1.165, 1.54) is 38.3 Å². The largest absolute Gasteiger partial charge is 0.400 e. The fourth-order valence-corrected chi connectivity index (χ4v) is 3.40. The fraction of sp³-hybridized carbons (Fsp3) is 0.455. The molecule has 3 aromatic heterocycles. The third-order valence-electron chi connectivity index (χ3n) is 5.22. The highest BCUT2D eigenvalue weighted by Crippen LogP contribution is 2.23. The van der Waals surface area contributed by atoms with Crippen LogP contribution in [0.1, 0.15) is 55.3 Å². The van der Waals surface area contributed by atoms with Gasteiger partial charge in [-0.2, -0.15) is 9.61 Å². The van der Waals surface area contributed by atoms with Crippen LogP contribution in [-0.2, 0) is 0 Å². The van der Waals surface area contributed by atoms with Crippen LogP contribution in [0.4, 0.5) is 17.3 Å². The topological polar surface area (TPSA) is 136 Å². The maximum absolute atomic E-state index is 12.4. The first kappa shape index (κ1) is 23.3. The van der Waals surface area contributed by atoms with Crippen LogP contribution in [-0.4, -0.2) is 50.8 Å². The molecule has 2 aliphatic carbocycles. The van der Waals surface area contributed by atoms with Gasteiger partial charge in [0.25, 0.3) is 11.5 Å². The van der Waals surface area contributed by atoms with Gasteiger partial charge in [0.15, 0.2) is 5.65 Å². The number of pyridine rings is 1. The maximum atomic E-state index is 12.4. The lowest BCUT2D eigenvalue weighted by molar-refractivity contribution is 0.0952. The number of nitrogens with zero attached hydrogens (tertiary/aromatic N) is 3. The summed E-state index contributed by atoms with van der Waals surface area (Å²) in [6.45, 7) is 0. The van der Waals surface area contributed by atoms with Crippen LogP contribution in [0.2, 0.25) is 0 Å². The van der Waals surface area contributed by atoms with E-state index in [9.17, 15) is 9.59 Å². The van der Waals surface area contributed by atoms with E-state index in [0.29, 0.717) is 28.5 Å². The monoisotopic (exact) mass is 441 g/mol. The van der Waals surface area contributed by atoms with Gasteiger partial charge in [-0.1, -0.05) is 32.1 Å². The van der Waals surface area contributed by atoms with Crippen molar-refractivity contribution in [2.24, 2.45) is 0 Å². The van der Waals surface area contributed by atoms with Crippen molar-refractivity contribution in [3.8, 4) is 0 Å². The normalized spacial score (nSPS) is 14.6. The van der Waals surface area contributed by atoms with Crippen molar-refractivity contribution < 1.29 is 9.90 Å². The first-order chi connectivity index (χ1) is 15.7. The lowest BCUT2D eigenvalue weighted by atomic mass is 10.3. The van der Waals surface area contributed by atoms with Crippen molar-refractivity contribution in [2.45, 2.75) is 51.0 Å². The number of fused-ring (bicyclic) bond motifs is 1. The minimum absolute atomic E-state index is 0.193. The number of hydrogen-bond acceptors (Lipinski definition) is 7. The predicted molar refractivity (Wildman–Crippen MR) is 125 cm³/mol. The van der Waals surface area contributed by atoms with Crippen LogP contribution in [0.3, 0.4) is 0 Å². The number of aliphatic hydroxyl groups excluding tert-OH is 1. The molecule has 1 amide bonds. The van der Waals surface area contributed by atoms with Gasteiger partial charge in [0.05, 0.1) is 6.20 Å². The zero-order chi connectivity index (χ0) is 22.9. The number of hydrogen-bond donors (Lipinski definition) is 5. The zero-order valence-electron chi connectivity index (χ0n) is 18.5. The average molecular weight is 442 g/mol. The maximum Gasteiger partial charge on any atom is 0.271 e. The molecule has 0 aliphatic heterocycles. The van der Waals surface area contributed by atoms with E-state index in [-0.39, 0.29) is 17.5 Å². The molecule has 2 aliphatic rings. The van der Waals surface area contributed by atoms with Crippen LogP contribution in [0.5, 0.6) is 0 Å². The Bertz CT molecular complexity index is 1080. The summed E-state index contributed by atoms with van der Waals surface area (Å²) in [6, 6.07) is 5.33. The minimum Gasteiger partial charge on any atom is -0.400 e. The van der Waals surface area contributed by atoms with Gasteiger partial charge in [0.1, 0.15) is 22.9 Å². The number of aliphatic hydroxyl groups is 1. The number of amides is 1. The number of carbonyl (C=O) groups excluding carboxylic acids is 1. The van der Waals surface area contributed by atoms with E-state index < -0.39 is 0 Å². The molecule has 0 atom stereocenters. The molecule has 0 radical (unpaired) electrons. The van der Waals surface area contributed by atoms with E-state index in [1.54, 1.807) is 36.0 Å². The van der Waals surface area contributed by atoms with E-state index in [0.717, 1.165) is 20.0 Å². The Kier molecular flexibility index (Phi) is 8.20. The van der Waals surface area contributed by atoms with Crippen LogP contribution >= 0.6 is 0 Å². The summed E-state index contributed by atoms with van der Waals surface area (Å²) in [7, 11) is 2.75. The molecule has 3 heterocycles. The smallest absolute Gasteiger partial charge is 0.271 e. The van der Waals surface area contributed by atoms with Gasteiger partial charge in [-0.25, -0.2) is 4.98 Å². The fourth-order valence-electron chi connectivity index (χ4n) is 3.40. The molecule has 32 heavy (non-hydrogen) atoms. The molecule has 0 spiro atoms. The highest BCUT2D eigenvalue weighted by Gasteiger charge is 2.26. The SMILES string of the molecule is C1CCCC1.CNc1cc(Nc2ccc[nH]c2=O)nc2c(C(=O)NC3CC3)cnn12.CO. The first-order valence-electron chi connectivity index (χ1n) is 10.9. The van der Waals surface area contributed by atoms with Crippen LogP contribution in [0, 0.1) is 0 Å². The number of aromatic nitrogens is 4. The van der Waals surface area contributed by atoms with Gasteiger partial charge in [0, 0.05) is 32.5 Å². The number of carbonyl (C=O) groups is 1. The number of anilines is 3. The quantitative estimate of drug-likeness (QED) is 0.410. The Morgan fingerprint density at radius 1 is 1.19 bits per heavy atom. The summed E-state index contributed by atoms with van der Waals surface area (Å²) in [5.74, 6) is 0.890. The van der Waals surface area contributed by atoms with Gasteiger partial charge >= 0.3 is 0 Å². The summed E-state index contributed by atoms with van der Waals surface area (Å²) in [5, 5.41) is 20.2. The van der Waals surface area contributed by atoms with Crippen molar-refractivity contribution in [3.63, 3.8) is 0 Å². The second-order valence-electron chi connectivity index (χ2n) is 7.62. The van der Waals surface area contributed by atoms with E-state index >= 15 is 0 Å². The average Bonchev–Trinajstić information content (AvgIpc) is 3.26. The van der Waals surface area contributed by atoms with E-state index in [1.807, 2.05) is 0 Å². The molecular weight excluding hydrogens is 410 g/mol. The van der Waals surface area contributed by atoms with Gasteiger partial charge < -0.3 is 26.0 Å². The molecule has 5 N–H and O–H groups in total. The van der Waals surface area contributed by atoms with Crippen molar-refractivity contribution in [1.82, 2.24) is 24.9 Å². The van der Waals surface area contributed by atoms with Gasteiger partial charge in [-0.05, 0) is 25.0 Å². The molecule has 10 heteroatoms. The van der Waals surface area contributed by atoms with E-state index in [2.05, 4.69) is 31.0 Å². The molecule has 0 aromatic carbocycles. The summed E-state index contributed by atoms with van der Waals surface area (Å²) in [6.07, 6.45) is 12.6. The molecule has 0 saturated heterocycles. The van der Waals surface area contributed by atoms with Gasteiger partial charge in [0.2, 0.25) is 0 Å². The number of nitrogens with one attached hydrogen (secondary N) is 4. The lowest BCUT2D eigenvalue weighted by Gasteiger charge is -2.09. The van der Waals surface area contributed by atoms with Crippen molar-refractivity contribution in [2.75, 3.05) is 24.8 Å². The molecule has 3 aromatic rings. The van der Waals surface area contributed by atoms with Crippen molar-refractivity contribution >= 4 is 28.9 Å². The molecule has 172 valence electrons. The molecule has 5 rings (SSSR count). The highest BCUT2D eigenvalue weighted by molar-refractivity contribution is 6.00. The molecule has 2 saturated carbocycles. The predicted octanol–water partition coefficient (Wildman–Crippen LogP) is 2.65. The number of H-pyrrole nitrogens is 1. The first-order valence-corrected chi connectivity index (χ1v) is 10.9. The Hall–Kier alpha value is -3.40. The Balaban J connectivity index is 0.000000359. The van der Waals surface area contributed by atoms with Gasteiger partial charge in [-0.3, -0.25) is 9.59 Å². The summed E-state index contributed by atoms with van der Waals surface area (Å²) in [4.78, 5) is 31.3. The number of rotatable bonds is 5. The molecule has 0 unspecified atom stereocenters. The third-order valence-corrected chi connectivity index (χ3v) is 5.22. The van der Waals surface area contributed by atoms with Crippen LogP contribution in [0.25, 0.3) is 5.65 Å². The molecule has 2 fully saturated rings. The Morgan fingerprint density at radius 2 is 1.88 bits per heavy atom. The second kappa shape index (κ2) is 11.3. The van der Waals surface area contributed by atoms with Crippen LogP contribution < -0.4 is 21.5 Å². The summed E-state index contributed by atoms with van der Waals surface area (Å²) in [5.41, 5.74) is 0.925. The van der Waals surface area contributed by atoms with Gasteiger partial charge in [-0.15, -0.1) is 0 Å². The standard InChI is InChI=1S/C16H17N7O2.C5H10.CH4O/c1-17-13-7-12(21-11-3-2-6-18-16(11)25)22-14-10(8-19-23(13)14)15(24)20-9-4-5-9;1-2-4-5-3-1;1-2/h2-3,6-9,17H,4-5H2,1H3,(H,18,25)(H,20,24)(H,21,22);1-5H2;2H,1H3. The third kappa shape index (κ3) is 5.85. The molecule has 0 bridgehead atoms. The summed E-state index contributed by atoms with van der Waals surface area (Å²) < 4.78 is 1.56.